The van der Waals surface area contributed by atoms with Gasteiger partial charge in [0.2, 0.25) is 5.91 Å². The first-order chi connectivity index (χ1) is 9.43. The lowest BCUT2D eigenvalue weighted by molar-refractivity contribution is -0.148. The number of ketones is 1. The Labute approximate surface area is 117 Å². The molecule has 1 aromatic carbocycles. The van der Waals surface area contributed by atoms with E-state index in [2.05, 4.69) is 0 Å². The van der Waals surface area contributed by atoms with Crippen LogP contribution in [0.3, 0.4) is 0 Å². The van der Waals surface area contributed by atoms with Gasteiger partial charge in [-0.2, -0.15) is 0 Å². The van der Waals surface area contributed by atoms with Crippen LogP contribution in [-0.4, -0.2) is 40.8 Å². The van der Waals surface area contributed by atoms with Crippen LogP contribution >= 0.6 is 0 Å². The van der Waals surface area contributed by atoms with Crippen LogP contribution in [0.4, 0.5) is 0 Å². The Bertz CT molecular complexity index is 567. The average Bonchev–Trinajstić information content (AvgIpc) is 2.45. The summed E-state index contributed by atoms with van der Waals surface area (Å²) >= 11 is 0. The number of hydrogen-bond acceptors (Lipinski definition) is 3. The number of carboxylic acid groups (broad SMARTS) is 1. The lowest BCUT2D eigenvalue weighted by atomic mass is 9.81. The lowest BCUT2D eigenvalue weighted by Crippen LogP contribution is -2.43. The van der Waals surface area contributed by atoms with Crippen molar-refractivity contribution in [1.29, 1.82) is 0 Å². The summed E-state index contributed by atoms with van der Waals surface area (Å²) in [6.45, 7) is 1.47. The molecule has 5 nitrogen and oxygen atoms in total. The fraction of sp³-hybridized carbons (Fsp3) is 0.400. The fourth-order valence-electron chi connectivity index (χ4n) is 2.48. The summed E-state index contributed by atoms with van der Waals surface area (Å²) in [5, 5.41) is 8.99. The first kappa shape index (κ1) is 14.2. The van der Waals surface area contributed by atoms with Gasteiger partial charge in [-0.15, -0.1) is 0 Å². The second kappa shape index (κ2) is 5.45. The van der Waals surface area contributed by atoms with E-state index in [-0.39, 0.29) is 11.7 Å². The fourth-order valence-corrected chi connectivity index (χ4v) is 2.48. The van der Waals surface area contributed by atoms with Crippen LogP contribution in [0.25, 0.3) is 0 Å². The summed E-state index contributed by atoms with van der Waals surface area (Å²) in [5.74, 6) is -1.69. The third kappa shape index (κ3) is 2.43. The molecule has 1 aromatic rings. The number of amides is 1. The Morgan fingerprint density at radius 2 is 2.00 bits per heavy atom. The molecule has 1 aliphatic carbocycles. The van der Waals surface area contributed by atoms with Gasteiger partial charge in [0.15, 0.2) is 5.78 Å². The molecule has 0 aliphatic heterocycles. The van der Waals surface area contributed by atoms with Crippen molar-refractivity contribution in [2.45, 2.75) is 31.7 Å². The number of aliphatic carboxylic acids is 1. The third-order valence-electron chi connectivity index (χ3n) is 3.88. The molecule has 5 heteroatoms. The van der Waals surface area contributed by atoms with Crippen molar-refractivity contribution in [2.24, 2.45) is 0 Å². The van der Waals surface area contributed by atoms with E-state index >= 15 is 0 Å². The molecule has 1 amide bonds. The van der Waals surface area contributed by atoms with Crippen LogP contribution in [0.1, 0.15) is 41.6 Å². The normalized spacial score (nSPS) is 19.1. The zero-order valence-corrected chi connectivity index (χ0v) is 11.5. The van der Waals surface area contributed by atoms with Gasteiger partial charge in [0.25, 0.3) is 0 Å². The Kier molecular flexibility index (Phi) is 3.88. The minimum absolute atomic E-state index is 0.0404. The van der Waals surface area contributed by atoms with Gasteiger partial charge in [0.1, 0.15) is 6.04 Å². The summed E-state index contributed by atoms with van der Waals surface area (Å²) < 4.78 is 0. The maximum atomic E-state index is 12.5. The highest BCUT2D eigenvalue weighted by Crippen LogP contribution is 2.33. The van der Waals surface area contributed by atoms with E-state index < -0.39 is 17.9 Å². The van der Waals surface area contributed by atoms with Gasteiger partial charge in [-0.25, -0.2) is 4.79 Å². The number of Topliss-reactive ketones (excluding diaryl/α,β-unsaturated/α-hetero) is 1. The highest BCUT2D eigenvalue weighted by Gasteiger charge is 2.34. The highest BCUT2D eigenvalue weighted by molar-refractivity contribution is 6.02. The monoisotopic (exact) mass is 275 g/mol. The predicted molar refractivity (Wildman–Crippen MR) is 72.6 cm³/mol. The van der Waals surface area contributed by atoms with E-state index in [9.17, 15) is 14.4 Å². The zero-order valence-electron chi connectivity index (χ0n) is 11.5. The first-order valence-electron chi connectivity index (χ1n) is 6.55. The van der Waals surface area contributed by atoms with E-state index in [1.165, 1.54) is 18.9 Å². The number of likely N-dealkylation sites (N-methyl/N-ethyl adjacent to an activating group) is 1. The molecule has 0 heterocycles. The van der Waals surface area contributed by atoms with Gasteiger partial charge in [-0.1, -0.05) is 24.3 Å². The second-order valence-electron chi connectivity index (χ2n) is 5.07. The van der Waals surface area contributed by atoms with Gasteiger partial charge in [0, 0.05) is 19.0 Å². The molecular formula is C15H17NO4. The van der Waals surface area contributed by atoms with Crippen LogP contribution in [0.15, 0.2) is 24.3 Å². The van der Waals surface area contributed by atoms with E-state index in [4.69, 9.17) is 5.11 Å². The molecule has 1 N–H and O–H groups in total. The molecular weight excluding hydrogens is 258 g/mol. The molecule has 20 heavy (non-hydrogen) atoms. The summed E-state index contributed by atoms with van der Waals surface area (Å²) in [7, 11) is 1.49. The zero-order chi connectivity index (χ0) is 14.9. The Morgan fingerprint density at radius 1 is 1.35 bits per heavy atom. The molecule has 0 bridgehead atoms. The van der Waals surface area contributed by atoms with Gasteiger partial charge >= 0.3 is 5.97 Å². The van der Waals surface area contributed by atoms with Crippen LogP contribution in [-0.2, 0) is 9.59 Å². The number of nitrogens with zero attached hydrogens (tertiary/aromatic N) is 1. The molecule has 2 rings (SSSR count). The molecule has 2 unspecified atom stereocenters. The van der Waals surface area contributed by atoms with Crippen LogP contribution < -0.4 is 0 Å². The quantitative estimate of drug-likeness (QED) is 0.910. The maximum absolute atomic E-state index is 12.5. The van der Waals surface area contributed by atoms with Gasteiger partial charge in [-0.3, -0.25) is 9.59 Å². The SMILES string of the molecule is CC(C(=O)O)N(C)C(=O)C1CCC(=O)c2ccccc21. The minimum atomic E-state index is -1.04. The summed E-state index contributed by atoms with van der Waals surface area (Å²) in [4.78, 5) is 36.5. The molecule has 2 atom stereocenters. The molecule has 0 radical (unpaired) electrons. The average molecular weight is 275 g/mol. The maximum Gasteiger partial charge on any atom is 0.326 e. The number of carbonyl (C=O) groups is 3. The van der Waals surface area contributed by atoms with Crippen molar-refractivity contribution in [3.05, 3.63) is 35.4 Å². The molecule has 0 spiro atoms. The number of benzene rings is 1. The van der Waals surface area contributed by atoms with E-state index in [1.807, 2.05) is 0 Å². The predicted octanol–water partition coefficient (Wildman–Crippen LogP) is 1.68. The van der Waals surface area contributed by atoms with Crippen molar-refractivity contribution in [2.75, 3.05) is 7.05 Å². The van der Waals surface area contributed by atoms with Crippen molar-refractivity contribution >= 4 is 17.7 Å². The minimum Gasteiger partial charge on any atom is -0.480 e. The van der Waals surface area contributed by atoms with E-state index in [0.29, 0.717) is 24.0 Å². The molecule has 0 aromatic heterocycles. The van der Waals surface area contributed by atoms with E-state index in [1.54, 1.807) is 24.3 Å². The lowest BCUT2D eigenvalue weighted by Gasteiger charge is -2.30. The molecule has 106 valence electrons. The molecule has 0 saturated heterocycles. The summed E-state index contributed by atoms with van der Waals surface area (Å²) in [5.41, 5.74) is 1.28. The smallest absolute Gasteiger partial charge is 0.326 e. The van der Waals surface area contributed by atoms with Crippen molar-refractivity contribution in [1.82, 2.24) is 4.90 Å². The first-order valence-corrected chi connectivity index (χ1v) is 6.55. The second-order valence-corrected chi connectivity index (χ2v) is 5.07. The van der Waals surface area contributed by atoms with Crippen LogP contribution in [0.2, 0.25) is 0 Å². The van der Waals surface area contributed by atoms with Crippen LogP contribution in [0, 0.1) is 0 Å². The number of hydrogen-bond donors (Lipinski definition) is 1. The van der Waals surface area contributed by atoms with Gasteiger partial charge in [-0.05, 0) is 18.9 Å². The largest absolute Gasteiger partial charge is 0.480 e. The standard InChI is InChI=1S/C15H17NO4/c1-9(15(19)20)16(2)14(18)12-7-8-13(17)11-6-4-3-5-10(11)12/h3-6,9,12H,7-8H2,1-2H3,(H,19,20). The molecule has 1 aliphatic rings. The summed E-state index contributed by atoms with van der Waals surface area (Å²) in [6, 6.07) is 6.17. The van der Waals surface area contributed by atoms with Gasteiger partial charge < -0.3 is 10.0 Å². The van der Waals surface area contributed by atoms with Crippen molar-refractivity contribution in [3.63, 3.8) is 0 Å². The third-order valence-corrected chi connectivity index (χ3v) is 3.88. The number of rotatable bonds is 3. The molecule has 0 fully saturated rings. The molecule has 0 saturated carbocycles. The number of fused-ring (bicyclic) bond motifs is 1. The van der Waals surface area contributed by atoms with Crippen molar-refractivity contribution in [3.8, 4) is 0 Å². The Balaban J connectivity index is 2.30. The topological polar surface area (TPSA) is 74.7 Å². The summed E-state index contributed by atoms with van der Waals surface area (Å²) in [6.07, 6.45) is 0.758. The van der Waals surface area contributed by atoms with E-state index in [0.717, 1.165) is 0 Å². The highest BCUT2D eigenvalue weighted by atomic mass is 16.4. The van der Waals surface area contributed by atoms with Crippen molar-refractivity contribution < 1.29 is 19.5 Å². The number of carbonyl (C=O) groups excluding carboxylic acids is 2. The Hall–Kier alpha value is -2.17. The number of carboxylic acids is 1. The Morgan fingerprint density at radius 3 is 2.65 bits per heavy atom. The van der Waals surface area contributed by atoms with Crippen LogP contribution in [0.5, 0.6) is 0 Å². The van der Waals surface area contributed by atoms with Gasteiger partial charge in [0.05, 0.1) is 5.92 Å².